The molecule has 0 N–H and O–H groups in total. The number of hydrogen-bond acceptors (Lipinski definition) is 2. The van der Waals surface area contributed by atoms with E-state index in [1.54, 1.807) is 6.92 Å². The van der Waals surface area contributed by atoms with Gasteiger partial charge in [0, 0.05) is 5.92 Å². The molecule has 0 heterocycles. The Labute approximate surface area is 55.3 Å². The maximum atomic E-state index is 10.6. The molecule has 0 aliphatic carbocycles. The number of rotatable bonds is 3. The summed E-state index contributed by atoms with van der Waals surface area (Å²) in [5, 5.41) is 0. The number of carbonyl (C=O) groups is 2. The monoisotopic (exact) mass is 128 g/mol. The van der Waals surface area contributed by atoms with Crippen molar-refractivity contribution in [2.75, 3.05) is 0 Å². The molecule has 1 unspecified atom stereocenters. The molecule has 9 heavy (non-hydrogen) atoms. The Balaban J connectivity index is 3.87. The van der Waals surface area contributed by atoms with E-state index in [0.717, 1.165) is 0 Å². The van der Waals surface area contributed by atoms with Crippen LogP contribution >= 0.6 is 0 Å². The normalized spacial score (nSPS) is 13.3. The summed E-state index contributed by atoms with van der Waals surface area (Å²) < 4.78 is 0. The average molecular weight is 128 g/mol. The minimum absolute atomic E-state index is 0.123. The summed E-state index contributed by atoms with van der Waals surface area (Å²) in [7, 11) is 0. The summed E-state index contributed by atoms with van der Waals surface area (Å²) in [6.07, 6.45) is 0.394. The molecular formula is C7H12O2. The van der Waals surface area contributed by atoms with Crippen LogP contribution < -0.4 is 0 Å². The zero-order valence-corrected chi connectivity index (χ0v) is 6.05. The highest BCUT2D eigenvalue weighted by molar-refractivity contribution is 6.25. The number of ketones is 1. The van der Waals surface area contributed by atoms with Gasteiger partial charge in [0.2, 0.25) is 0 Å². The van der Waals surface area contributed by atoms with Crippen LogP contribution in [0.5, 0.6) is 0 Å². The molecule has 0 aromatic carbocycles. The van der Waals surface area contributed by atoms with Gasteiger partial charge >= 0.3 is 0 Å². The first-order valence-corrected chi connectivity index (χ1v) is 3.08. The minimum Gasteiger partial charge on any atom is -0.295 e. The maximum absolute atomic E-state index is 10.6. The van der Waals surface area contributed by atoms with Crippen LogP contribution in [0, 0.1) is 11.8 Å². The van der Waals surface area contributed by atoms with Crippen molar-refractivity contribution in [1.82, 2.24) is 0 Å². The molecule has 2 nitrogen and oxygen atoms in total. The van der Waals surface area contributed by atoms with Crippen LogP contribution in [-0.2, 0) is 9.59 Å². The first-order chi connectivity index (χ1) is 4.09. The lowest BCUT2D eigenvalue weighted by atomic mass is 9.94. The lowest BCUT2D eigenvalue weighted by Gasteiger charge is -2.08. The molecule has 0 rings (SSSR count). The van der Waals surface area contributed by atoms with E-state index in [9.17, 15) is 9.59 Å². The number of Topliss-reactive ketones (excluding diaryl/α,β-unsaturated/α-hetero) is 1. The molecule has 0 aromatic rings. The molecule has 0 amide bonds. The zero-order chi connectivity index (χ0) is 7.44. The summed E-state index contributed by atoms with van der Waals surface area (Å²) in [5.41, 5.74) is 0. The van der Waals surface area contributed by atoms with Gasteiger partial charge in [0.05, 0.1) is 0 Å². The molecule has 0 spiro atoms. The third kappa shape index (κ3) is 2.40. The third-order valence-electron chi connectivity index (χ3n) is 1.56. The van der Waals surface area contributed by atoms with Gasteiger partial charge in [-0.25, -0.2) is 0 Å². The molecule has 52 valence electrons. The Bertz CT molecular complexity index is 116. The van der Waals surface area contributed by atoms with Crippen LogP contribution in [0.15, 0.2) is 0 Å². The van der Waals surface area contributed by atoms with Gasteiger partial charge in [0.25, 0.3) is 0 Å². The number of carbonyl (C=O) groups excluding carboxylic acids is 2. The van der Waals surface area contributed by atoms with E-state index in [1.807, 2.05) is 13.8 Å². The van der Waals surface area contributed by atoms with Crippen LogP contribution in [0.4, 0.5) is 0 Å². The van der Waals surface area contributed by atoms with E-state index < -0.39 is 0 Å². The first kappa shape index (κ1) is 8.34. The molecule has 0 saturated heterocycles. The van der Waals surface area contributed by atoms with Gasteiger partial charge in [-0.3, -0.25) is 9.59 Å². The molecule has 0 bridgehead atoms. The van der Waals surface area contributed by atoms with E-state index in [2.05, 4.69) is 0 Å². The lowest BCUT2D eigenvalue weighted by Crippen LogP contribution is -2.17. The summed E-state index contributed by atoms with van der Waals surface area (Å²) in [6, 6.07) is 0. The van der Waals surface area contributed by atoms with Gasteiger partial charge in [-0.2, -0.15) is 0 Å². The second kappa shape index (κ2) is 3.38. The van der Waals surface area contributed by atoms with Gasteiger partial charge < -0.3 is 0 Å². The van der Waals surface area contributed by atoms with Crippen molar-refractivity contribution in [3.05, 3.63) is 0 Å². The van der Waals surface area contributed by atoms with Crippen LogP contribution in [0.1, 0.15) is 20.8 Å². The van der Waals surface area contributed by atoms with Crippen molar-refractivity contribution in [3.63, 3.8) is 0 Å². The second-order valence-electron chi connectivity index (χ2n) is 2.55. The van der Waals surface area contributed by atoms with Crippen molar-refractivity contribution in [1.29, 1.82) is 0 Å². The highest BCUT2D eigenvalue weighted by Crippen LogP contribution is 2.08. The molecule has 2 heteroatoms. The highest BCUT2D eigenvalue weighted by Gasteiger charge is 2.14. The Morgan fingerprint density at radius 2 is 1.78 bits per heavy atom. The fourth-order valence-electron chi connectivity index (χ4n) is 0.436. The predicted octanol–water partition coefficient (Wildman–Crippen LogP) is 1.05. The average Bonchev–Trinajstić information content (AvgIpc) is 1.84. The van der Waals surface area contributed by atoms with E-state index in [-0.39, 0.29) is 17.6 Å². The van der Waals surface area contributed by atoms with Crippen molar-refractivity contribution in [2.45, 2.75) is 20.8 Å². The largest absolute Gasteiger partial charge is 0.295 e. The van der Waals surface area contributed by atoms with Crippen molar-refractivity contribution < 1.29 is 9.59 Å². The van der Waals surface area contributed by atoms with Crippen molar-refractivity contribution in [2.24, 2.45) is 11.8 Å². The smallest absolute Gasteiger partial charge is 0.198 e. The topological polar surface area (TPSA) is 34.1 Å². The minimum atomic E-state index is -0.301. The fraction of sp³-hybridized carbons (Fsp3) is 0.714. The fourth-order valence-corrected chi connectivity index (χ4v) is 0.436. The SMILES string of the molecule is CC(C)C(C)C(=O)C=O. The Morgan fingerprint density at radius 1 is 1.33 bits per heavy atom. The molecular weight excluding hydrogens is 116 g/mol. The summed E-state index contributed by atoms with van der Waals surface area (Å²) >= 11 is 0. The number of hydrogen-bond donors (Lipinski definition) is 0. The Morgan fingerprint density at radius 3 is 1.89 bits per heavy atom. The molecule has 0 aliphatic heterocycles. The van der Waals surface area contributed by atoms with Crippen LogP contribution in [-0.4, -0.2) is 12.1 Å². The zero-order valence-electron chi connectivity index (χ0n) is 6.05. The van der Waals surface area contributed by atoms with Gasteiger partial charge in [0.1, 0.15) is 0 Å². The summed E-state index contributed by atoms with van der Waals surface area (Å²) in [5.74, 6) is -0.157. The number of aldehydes is 1. The van der Waals surface area contributed by atoms with Gasteiger partial charge in [0.15, 0.2) is 12.1 Å². The standard InChI is InChI=1S/C7H12O2/c1-5(2)6(3)7(9)4-8/h4-6H,1-3H3. The molecule has 0 fully saturated rings. The van der Waals surface area contributed by atoms with Gasteiger partial charge in [-0.05, 0) is 5.92 Å². The van der Waals surface area contributed by atoms with Crippen molar-refractivity contribution in [3.8, 4) is 0 Å². The molecule has 1 atom stereocenters. The van der Waals surface area contributed by atoms with E-state index in [0.29, 0.717) is 6.29 Å². The van der Waals surface area contributed by atoms with Gasteiger partial charge in [-0.15, -0.1) is 0 Å². The van der Waals surface area contributed by atoms with Crippen molar-refractivity contribution >= 4 is 12.1 Å². The second-order valence-corrected chi connectivity index (χ2v) is 2.55. The molecule has 0 aliphatic rings. The third-order valence-corrected chi connectivity index (χ3v) is 1.56. The van der Waals surface area contributed by atoms with Crippen LogP contribution in [0.2, 0.25) is 0 Å². The first-order valence-electron chi connectivity index (χ1n) is 3.08. The van der Waals surface area contributed by atoms with Crippen LogP contribution in [0.3, 0.4) is 0 Å². The Hall–Kier alpha value is -0.660. The quantitative estimate of drug-likeness (QED) is 0.420. The Kier molecular flexibility index (Phi) is 3.13. The van der Waals surface area contributed by atoms with E-state index >= 15 is 0 Å². The predicted molar refractivity (Wildman–Crippen MR) is 35.1 cm³/mol. The van der Waals surface area contributed by atoms with E-state index in [4.69, 9.17) is 0 Å². The molecule has 0 aromatic heterocycles. The lowest BCUT2D eigenvalue weighted by molar-refractivity contribution is -0.133. The molecule has 0 saturated carbocycles. The van der Waals surface area contributed by atoms with Gasteiger partial charge in [-0.1, -0.05) is 20.8 Å². The summed E-state index contributed by atoms with van der Waals surface area (Å²) in [4.78, 5) is 20.5. The van der Waals surface area contributed by atoms with Crippen LogP contribution in [0.25, 0.3) is 0 Å². The highest BCUT2D eigenvalue weighted by atomic mass is 16.2. The molecule has 0 radical (unpaired) electrons. The maximum Gasteiger partial charge on any atom is 0.198 e. The summed E-state index contributed by atoms with van der Waals surface area (Å²) in [6.45, 7) is 5.61. The van der Waals surface area contributed by atoms with E-state index in [1.165, 1.54) is 0 Å².